The lowest BCUT2D eigenvalue weighted by Crippen LogP contribution is -2.24. The van der Waals surface area contributed by atoms with Crippen LogP contribution in [0.25, 0.3) is 0 Å². The van der Waals surface area contributed by atoms with Crippen molar-refractivity contribution in [3.8, 4) is 6.07 Å². The van der Waals surface area contributed by atoms with E-state index in [4.69, 9.17) is 5.26 Å². The molecule has 1 aromatic heterocycles. The molecule has 15 heavy (non-hydrogen) atoms. The molecule has 5 nitrogen and oxygen atoms in total. The number of nitriles is 1. The quantitative estimate of drug-likeness (QED) is 0.756. The molecule has 2 rings (SSSR count). The van der Waals surface area contributed by atoms with Crippen molar-refractivity contribution < 1.29 is 0 Å². The molecule has 0 aromatic carbocycles. The Bertz CT molecular complexity index is 384. The van der Waals surface area contributed by atoms with Gasteiger partial charge in [0.1, 0.15) is 6.07 Å². The third-order valence-electron chi connectivity index (χ3n) is 2.57. The molecule has 1 saturated heterocycles. The van der Waals surface area contributed by atoms with Gasteiger partial charge >= 0.3 is 0 Å². The summed E-state index contributed by atoms with van der Waals surface area (Å²) in [7, 11) is 2.09. The molecular formula is C10H13N5. The third-order valence-corrected chi connectivity index (χ3v) is 2.57. The average molecular weight is 203 g/mol. The highest BCUT2D eigenvalue weighted by molar-refractivity contribution is 5.50. The van der Waals surface area contributed by atoms with Gasteiger partial charge in [-0.25, -0.2) is 0 Å². The molecule has 0 amide bonds. The first-order valence-corrected chi connectivity index (χ1v) is 4.96. The van der Waals surface area contributed by atoms with Crippen LogP contribution in [0.4, 0.5) is 5.82 Å². The van der Waals surface area contributed by atoms with Gasteiger partial charge in [0.2, 0.25) is 0 Å². The number of aromatic nitrogens is 2. The van der Waals surface area contributed by atoms with E-state index in [9.17, 15) is 0 Å². The lowest BCUT2D eigenvalue weighted by Gasteiger charge is -2.13. The van der Waals surface area contributed by atoms with E-state index in [0.717, 1.165) is 19.5 Å². The van der Waals surface area contributed by atoms with Crippen molar-refractivity contribution in [1.29, 1.82) is 5.26 Å². The van der Waals surface area contributed by atoms with E-state index in [2.05, 4.69) is 33.5 Å². The zero-order valence-electron chi connectivity index (χ0n) is 8.64. The minimum absolute atomic E-state index is 0.374. The van der Waals surface area contributed by atoms with Gasteiger partial charge in [-0.3, -0.25) is 0 Å². The monoisotopic (exact) mass is 203 g/mol. The zero-order valence-corrected chi connectivity index (χ0v) is 8.64. The Morgan fingerprint density at radius 2 is 2.53 bits per heavy atom. The molecule has 1 aliphatic heterocycles. The summed E-state index contributed by atoms with van der Waals surface area (Å²) in [4.78, 5) is 2.25. The molecule has 1 aromatic rings. The van der Waals surface area contributed by atoms with Crippen molar-refractivity contribution >= 4 is 5.82 Å². The maximum absolute atomic E-state index is 8.88. The van der Waals surface area contributed by atoms with Crippen LogP contribution in [-0.4, -0.2) is 41.3 Å². The predicted molar refractivity (Wildman–Crippen MR) is 56.3 cm³/mol. The topological polar surface area (TPSA) is 64.8 Å². The average Bonchev–Trinajstić information content (AvgIpc) is 2.65. The Morgan fingerprint density at radius 1 is 1.67 bits per heavy atom. The van der Waals surface area contributed by atoms with Gasteiger partial charge in [0.05, 0.1) is 11.8 Å². The smallest absolute Gasteiger partial charge is 0.166 e. The number of hydrogen-bond acceptors (Lipinski definition) is 5. The Balaban J connectivity index is 2.08. The van der Waals surface area contributed by atoms with Crippen LogP contribution in [0.1, 0.15) is 12.0 Å². The second-order valence-electron chi connectivity index (χ2n) is 3.80. The van der Waals surface area contributed by atoms with Crippen molar-refractivity contribution in [3.05, 3.63) is 17.8 Å². The summed E-state index contributed by atoms with van der Waals surface area (Å²) in [6.07, 6.45) is 2.61. The highest BCUT2D eigenvalue weighted by Gasteiger charge is 2.20. The molecule has 2 heterocycles. The zero-order chi connectivity index (χ0) is 10.7. The first kappa shape index (κ1) is 9.87. The molecule has 0 saturated carbocycles. The van der Waals surface area contributed by atoms with Crippen LogP contribution in [0, 0.1) is 11.3 Å². The van der Waals surface area contributed by atoms with E-state index < -0.39 is 0 Å². The molecule has 1 unspecified atom stereocenters. The maximum Gasteiger partial charge on any atom is 0.166 e. The van der Waals surface area contributed by atoms with Gasteiger partial charge in [0, 0.05) is 12.6 Å². The van der Waals surface area contributed by atoms with Gasteiger partial charge in [-0.2, -0.15) is 10.4 Å². The van der Waals surface area contributed by atoms with Crippen LogP contribution >= 0.6 is 0 Å². The highest BCUT2D eigenvalue weighted by atomic mass is 15.2. The van der Waals surface area contributed by atoms with Gasteiger partial charge in [0.15, 0.2) is 5.82 Å². The third kappa shape index (κ3) is 2.22. The molecule has 0 spiro atoms. The molecule has 5 heteroatoms. The number of rotatable bonds is 2. The van der Waals surface area contributed by atoms with Crippen molar-refractivity contribution in [1.82, 2.24) is 15.1 Å². The van der Waals surface area contributed by atoms with Crippen molar-refractivity contribution in [2.75, 3.05) is 25.5 Å². The Kier molecular flexibility index (Phi) is 2.79. The van der Waals surface area contributed by atoms with E-state index in [1.165, 1.54) is 6.20 Å². The second kappa shape index (κ2) is 4.24. The molecule has 1 atom stereocenters. The SMILES string of the molecule is CN1CCC(Nc2nnccc2C#N)C1. The summed E-state index contributed by atoms with van der Waals surface area (Å²) in [6.45, 7) is 2.07. The van der Waals surface area contributed by atoms with Gasteiger partial charge in [0.25, 0.3) is 0 Å². The summed E-state index contributed by atoms with van der Waals surface area (Å²) in [5.74, 6) is 0.598. The summed E-state index contributed by atoms with van der Waals surface area (Å²) in [5.41, 5.74) is 0.555. The van der Waals surface area contributed by atoms with Crippen molar-refractivity contribution in [2.45, 2.75) is 12.5 Å². The molecule has 0 aliphatic carbocycles. The fourth-order valence-electron chi connectivity index (χ4n) is 1.77. The van der Waals surface area contributed by atoms with Crippen LogP contribution in [-0.2, 0) is 0 Å². The molecule has 1 aliphatic rings. The Hall–Kier alpha value is -1.67. The number of nitrogens with zero attached hydrogens (tertiary/aromatic N) is 4. The largest absolute Gasteiger partial charge is 0.363 e. The Labute approximate surface area is 88.7 Å². The van der Waals surface area contributed by atoms with Crippen LogP contribution < -0.4 is 5.32 Å². The van der Waals surface area contributed by atoms with Crippen LogP contribution in [0.2, 0.25) is 0 Å². The molecular weight excluding hydrogens is 190 g/mol. The molecule has 1 fully saturated rings. The van der Waals surface area contributed by atoms with Crippen molar-refractivity contribution in [2.24, 2.45) is 0 Å². The van der Waals surface area contributed by atoms with E-state index in [1.54, 1.807) is 6.07 Å². The number of nitrogens with one attached hydrogen (secondary N) is 1. The first-order valence-electron chi connectivity index (χ1n) is 4.96. The minimum Gasteiger partial charge on any atom is -0.363 e. The molecule has 1 N–H and O–H groups in total. The molecule has 0 bridgehead atoms. The van der Waals surface area contributed by atoms with Gasteiger partial charge in [-0.15, -0.1) is 5.10 Å². The Morgan fingerprint density at radius 3 is 3.20 bits per heavy atom. The van der Waals surface area contributed by atoms with Gasteiger partial charge in [-0.1, -0.05) is 0 Å². The van der Waals surface area contributed by atoms with Crippen LogP contribution in [0.15, 0.2) is 12.3 Å². The minimum atomic E-state index is 0.374. The van der Waals surface area contributed by atoms with Gasteiger partial charge < -0.3 is 10.2 Å². The van der Waals surface area contributed by atoms with E-state index in [0.29, 0.717) is 17.4 Å². The fourth-order valence-corrected chi connectivity index (χ4v) is 1.77. The summed E-state index contributed by atoms with van der Waals surface area (Å²) in [6, 6.07) is 4.15. The summed E-state index contributed by atoms with van der Waals surface area (Å²) >= 11 is 0. The number of likely N-dealkylation sites (tertiary alicyclic amines) is 1. The van der Waals surface area contributed by atoms with Crippen molar-refractivity contribution in [3.63, 3.8) is 0 Å². The lowest BCUT2D eigenvalue weighted by atomic mass is 10.2. The van der Waals surface area contributed by atoms with E-state index >= 15 is 0 Å². The number of anilines is 1. The standard InChI is InChI=1S/C10H13N5/c1-15-5-3-9(7-15)13-10-8(6-11)2-4-12-14-10/h2,4,9H,3,5,7H2,1H3,(H,13,14). The van der Waals surface area contributed by atoms with Crippen LogP contribution in [0.5, 0.6) is 0 Å². The highest BCUT2D eigenvalue weighted by Crippen LogP contribution is 2.15. The second-order valence-corrected chi connectivity index (χ2v) is 3.80. The summed E-state index contributed by atoms with van der Waals surface area (Å²) < 4.78 is 0. The number of likely N-dealkylation sites (N-methyl/N-ethyl adjacent to an activating group) is 1. The predicted octanol–water partition coefficient (Wildman–Crippen LogP) is 0.464. The molecule has 0 radical (unpaired) electrons. The normalized spacial score (nSPS) is 21.2. The maximum atomic E-state index is 8.88. The van der Waals surface area contributed by atoms with Gasteiger partial charge in [-0.05, 0) is 26.1 Å². The lowest BCUT2D eigenvalue weighted by molar-refractivity contribution is 0.414. The number of hydrogen-bond donors (Lipinski definition) is 1. The van der Waals surface area contributed by atoms with E-state index in [-0.39, 0.29) is 0 Å². The van der Waals surface area contributed by atoms with Crippen LogP contribution in [0.3, 0.4) is 0 Å². The molecule has 78 valence electrons. The van der Waals surface area contributed by atoms with E-state index in [1.807, 2.05) is 0 Å². The first-order chi connectivity index (χ1) is 7.29. The summed E-state index contributed by atoms with van der Waals surface area (Å²) in [5, 5.41) is 19.8. The fraction of sp³-hybridized carbons (Fsp3) is 0.500.